The van der Waals surface area contributed by atoms with Gasteiger partial charge < -0.3 is 11.1 Å². The summed E-state index contributed by atoms with van der Waals surface area (Å²) in [6.07, 6.45) is 1.78. The van der Waals surface area contributed by atoms with Crippen LogP contribution in [0.1, 0.15) is 29.3 Å². The Hall–Kier alpha value is -2.27. The van der Waals surface area contributed by atoms with Gasteiger partial charge in [-0.15, -0.1) is 11.8 Å². The molecule has 0 aliphatic carbocycles. The molecule has 24 heavy (non-hydrogen) atoms. The number of nitrogens with one attached hydrogen (secondary N) is 1. The van der Waals surface area contributed by atoms with Crippen LogP contribution in [0.2, 0.25) is 0 Å². The predicted molar refractivity (Wildman–Crippen MR) is 98.1 cm³/mol. The monoisotopic (exact) mass is 342 g/mol. The number of carbonyl (C=O) groups is 2. The number of benzene rings is 2. The summed E-state index contributed by atoms with van der Waals surface area (Å²) in [6, 6.07) is 17.5. The van der Waals surface area contributed by atoms with Crippen LogP contribution in [-0.2, 0) is 11.2 Å². The Morgan fingerprint density at radius 1 is 1.08 bits per heavy atom. The Labute approximate surface area is 146 Å². The van der Waals surface area contributed by atoms with Gasteiger partial charge in [0.05, 0.1) is 11.3 Å². The summed E-state index contributed by atoms with van der Waals surface area (Å²) in [5.41, 5.74) is 7.02. The molecule has 2 rings (SSSR count). The van der Waals surface area contributed by atoms with Gasteiger partial charge in [0, 0.05) is 10.9 Å². The minimum Gasteiger partial charge on any atom is -0.369 e. The molecule has 1 atom stereocenters. The van der Waals surface area contributed by atoms with Crippen LogP contribution in [0.25, 0.3) is 0 Å². The molecule has 0 heterocycles. The first-order chi connectivity index (χ1) is 11.6. The Morgan fingerprint density at radius 3 is 2.46 bits per heavy atom. The van der Waals surface area contributed by atoms with E-state index < -0.39 is 5.91 Å². The van der Waals surface area contributed by atoms with E-state index in [1.54, 1.807) is 6.07 Å². The van der Waals surface area contributed by atoms with Crippen LogP contribution in [0.4, 0.5) is 0 Å². The van der Waals surface area contributed by atoms with Crippen molar-refractivity contribution >= 4 is 23.6 Å². The second-order valence-electron chi connectivity index (χ2n) is 5.65. The van der Waals surface area contributed by atoms with Gasteiger partial charge in [-0.2, -0.15) is 0 Å². The summed E-state index contributed by atoms with van der Waals surface area (Å²) < 4.78 is 0. The zero-order valence-electron chi connectivity index (χ0n) is 13.7. The van der Waals surface area contributed by atoms with Crippen molar-refractivity contribution in [2.75, 3.05) is 5.75 Å². The van der Waals surface area contributed by atoms with Gasteiger partial charge in [0.1, 0.15) is 0 Å². The minimum atomic E-state index is -0.397. The van der Waals surface area contributed by atoms with E-state index in [4.69, 9.17) is 5.73 Å². The van der Waals surface area contributed by atoms with Crippen LogP contribution < -0.4 is 11.1 Å². The third-order valence-electron chi connectivity index (χ3n) is 3.59. The maximum atomic E-state index is 12.5. The largest absolute Gasteiger partial charge is 0.369 e. The van der Waals surface area contributed by atoms with Crippen LogP contribution in [0.5, 0.6) is 0 Å². The summed E-state index contributed by atoms with van der Waals surface area (Å²) in [5, 5.41) is 3.03. The highest BCUT2D eigenvalue weighted by Crippen LogP contribution is 2.22. The lowest BCUT2D eigenvalue weighted by atomic mass is 10.1. The maximum Gasteiger partial charge on any atom is 0.252 e. The molecule has 3 N–H and O–H groups in total. The molecule has 4 nitrogen and oxygen atoms in total. The molecule has 0 aromatic heterocycles. The number of thioether (sulfide) groups is 1. The fraction of sp³-hybridized carbons (Fsp3) is 0.263. The van der Waals surface area contributed by atoms with Crippen molar-refractivity contribution in [3.05, 3.63) is 65.7 Å². The normalized spacial score (nSPS) is 11.7. The van der Waals surface area contributed by atoms with Crippen LogP contribution in [0.15, 0.2) is 59.5 Å². The number of primary amides is 1. The van der Waals surface area contributed by atoms with Crippen molar-refractivity contribution in [1.82, 2.24) is 5.32 Å². The van der Waals surface area contributed by atoms with Crippen LogP contribution >= 0.6 is 11.8 Å². The number of nitrogens with two attached hydrogens (primary N) is 1. The van der Waals surface area contributed by atoms with Crippen molar-refractivity contribution in [2.24, 2.45) is 5.73 Å². The van der Waals surface area contributed by atoms with Crippen LogP contribution in [-0.4, -0.2) is 23.6 Å². The lowest BCUT2D eigenvalue weighted by Gasteiger charge is -2.15. The van der Waals surface area contributed by atoms with Crippen LogP contribution in [0.3, 0.4) is 0 Å². The molecule has 2 aromatic carbocycles. The molecule has 5 heteroatoms. The van der Waals surface area contributed by atoms with E-state index in [9.17, 15) is 9.59 Å². The third kappa shape index (κ3) is 5.74. The Kier molecular flexibility index (Phi) is 6.88. The van der Waals surface area contributed by atoms with Gasteiger partial charge in [-0.25, -0.2) is 0 Å². The first kappa shape index (κ1) is 18.1. The van der Waals surface area contributed by atoms with E-state index in [1.807, 2.05) is 43.3 Å². The molecule has 0 saturated carbocycles. The van der Waals surface area contributed by atoms with Crippen molar-refractivity contribution in [2.45, 2.75) is 30.7 Å². The number of aryl methyl sites for hydroxylation is 1. The molecule has 2 amide bonds. The van der Waals surface area contributed by atoms with E-state index in [-0.39, 0.29) is 17.7 Å². The molecule has 0 aliphatic rings. The minimum absolute atomic E-state index is 0.0619. The first-order valence-electron chi connectivity index (χ1n) is 7.91. The zero-order valence-corrected chi connectivity index (χ0v) is 14.5. The number of carbonyl (C=O) groups excluding carboxylic acids is 2. The Morgan fingerprint density at radius 2 is 1.75 bits per heavy atom. The van der Waals surface area contributed by atoms with Crippen molar-refractivity contribution in [1.29, 1.82) is 0 Å². The van der Waals surface area contributed by atoms with Gasteiger partial charge in [0.2, 0.25) is 5.91 Å². The Bertz CT molecular complexity index is 689. The van der Waals surface area contributed by atoms with Crippen molar-refractivity contribution in [3.63, 3.8) is 0 Å². The highest BCUT2D eigenvalue weighted by molar-refractivity contribution is 8.00. The Balaban J connectivity index is 1.92. The third-order valence-corrected chi connectivity index (χ3v) is 4.68. The van der Waals surface area contributed by atoms with Gasteiger partial charge in [-0.05, 0) is 37.5 Å². The summed E-state index contributed by atoms with van der Waals surface area (Å²) in [6.45, 7) is 2.00. The van der Waals surface area contributed by atoms with Gasteiger partial charge in [-0.1, -0.05) is 42.5 Å². The average Bonchev–Trinajstić information content (AvgIpc) is 2.59. The molecule has 126 valence electrons. The summed E-state index contributed by atoms with van der Waals surface area (Å²) in [7, 11) is 0. The molecule has 0 aliphatic heterocycles. The zero-order chi connectivity index (χ0) is 17.4. The van der Waals surface area contributed by atoms with E-state index in [1.165, 1.54) is 17.3 Å². The van der Waals surface area contributed by atoms with Gasteiger partial charge in [0.25, 0.3) is 5.91 Å². The number of hydrogen-bond donors (Lipinski definition) is 2. The smallest absolute Gasteiger partial charge is 0.252 e. The molecular formula is C19H22N2O2S. The fourth-order valence-corrected chi connectivity index (χ4v) is 3.12. The number of amides is 2. The van der Waals surface area contributed by atoms with Crippen LogP contribution in [0, 0.1) is 0 Å². The summed E-state index contributed by atoms with van der Waals surface area (Å²) in [4.78, 5) is 24.2. The molecule has 0 fully saturated rings. The average molecular weight is 342 g/mol. The summed E-state index contributed by atoms with van der Waals surface area (Å²) >= 11 is 1.29. The summed E-state index contributed by atoms with van der Waals surface area (Å²) in [5.74, 6) is -0.358. The first-order valence-corrected chi connectivity index (χ1v) is 8.89. The SMILES string of the molecule is C[C@H](CCc1ccccc1)NC(=O)c1ccccc1SCC(N)=O. The molecule has 0 unspecified atom stereocenters. The highest BCUT2D eigenvalue weighted by atomic mass is 32.2. The molecular weight excluding hydrogens is 320 g/mol. The van der Waals surface area contributed by atoms with Crippen molar-refractivity contribution in [3.8, 4) is 0 Å². The van der Waals surface area contributed by atoms with Gasteiger partial charge >= 0.3 is 0 Å². The predicted octanol–water partition coefficient (Wildman–Crippen LogP) is 3.02. The lowest BCUT2D eigenvalue weighted by molar-refractivity contribution is -0.115. The second kappa shape index (κ2) is 9.13. The molecule has 2 aromatic rings. The van der Waals surface area contributed by atoms with Gasteiger partial charge in [-0.3, -0.25) is 9.59 Å². The van der Waals surface area contributed by atoms with E-state index >= 15 is 0 Å². The number of hydrogen-bond acceptors (Lipinski definition) is 3. The van der Waals surface area contributed by atoms with E-state index in [0.29, 0.717) is 5.56 Å². The highest BCUT2D eigenvalue weighted by Gasteiger charge is 2.14. The fourth-order valence-electron chi connectivity index (χ4n) is 2.33. The standard InChI is InChI=1S/C19H22N2O2S/c1-14(11-12-15-7-3-2-4-8-15)21-19(23)16-9-5-6-10-17(16)24-13-18(20)22/h2-10,14H,11-13H2,1H3,(H2,20,22)(H,21,23)/t14-/m1/s1. The quantitative estimate of drug-likeness (QED) is 0.724. The van der Waals surface area contributed by atoms with E-state index in [2.05, 4.69) is 17.4 Å². The molecule has 0 bridgehead atoms. The van der Waals surface area contributed by atoms with E-state index in [0.717, 1.165) is 17.7 Å². The molecule has 0 spiro atoms. The maximum absolute atomic E-state index is 12.5. The number of rotatable bonds is 8. The van der Waals surface area contributed by atoms with Crippen molar-refractivity contribution < 1.29 is 9.59 Å². The molecule has 0 radical (unpaired) electrons. The lowest BCUT2D eigenvalue weighted by Crippen LogP contribution is -2.33. The molecule has 0 saturated heterocycles. The van der Waals surface area contributed by atoms with Gasteiger partial charge in [0.15, 0.2) is 0 Å². The second-order valence-corrected chi connectivity index (χ2v) is 6.67. The topological polar surface area (TPSA) is 72.2 Å².